The predicted molar refractivity (Wildman–Crippen MR) is 113 cm³/mol. The molecule has 0 aromatic heterocycles. The first-order chi connectivity index (χ1) is 12.6. The Morgan fingerprint density at radius 2 is 2.00 bits per heavy atom. The van der Waals surface area contributed by atoms with Gasteiger partial charge in [-0.3, -0.25) is 0 Å². The molecule has 5 heteroatoms. The van der Waals surface area contributed by atoms with Crippen LogP contribution in [0.2, 0.25) is 0 Å². The van der Waals surface area contributed by atoms with Gasteiger partial charge in [-0.15, -0.1) is 6.58 Å². The fourth-order valence-electron chi connectivity index (χ4n) is 3.24. The van der Waals surface area contributed by atoms with Crippen LogP contribution < -0.4 is 4.74 Å². The number of rotatable bonds is 11. The standard InChI is InChI=1S/C21H31IO4/c1-3-17(23)9-12-19(13-20-5-4-6-21(14-22)26-20)25-15-16-7-10-18(24-2)11-8-16/h3,7-8,10-11,17,19-21,23H,1,4-6,9,12-15H2,2H3/t17?,19-,20-,21-/m0/s1. The first kappa shape index (κ1) is 21.7. The van der Waals surface area contributed by atoms with E-state index in [1.54, 1.807) is 13.2 Å². The number of hydrogen-bond acceptors (Lipinski definition) is 4. The van der Waals surface area contributed by atoms with Crippen molar-refractivity contribution in [2.45, 2.75) is 69.5 Å². The lowest BCUT2D eigenvalue weighted by molar-refractivity contribution is -0.0744. The van der Waals surface area contributed by atoms with Crippen molar-refractivity contribution in [3.8, 4) is 5.75 Å². The highest BCUT2D eigenvalue weighted by Crippen LogP contribution is 2.26. The summed E-state index contributed by atoms with van der Waals surface area (Å²) < 4.78 is 18.6. The smallest absolute Gasteiger partial charge is 0.118 e. The third kappa shape index (κ3) is 7.55. The average molecular weight is 474 g/mol. The predicted octanol–water partition coefficient (Wildman–Crippen LogP) is 4.67. The van der Waals surface area contributed by atoms with Crippen molar-refractivity contribution in [2.75, 3.05) is 11.5 Å². The molecule has 1 aliphatic rings. The summed E-state index contributed by atoms with van der Waals surface area (Å²) in [4.78, 5) is 0. The maximum atomic E-state index is 9.82. The second-order valence-electron chi connectivity index (χ2n) is 6.86. The van der Waals surface area contributed by atoms with Gasteiger partial charge in [0, 0.05) is 4.43 Å². The maximum absolute atomic E-state index is 9.82. The van der Waals surface area contributed by atoms with Crippen LogP contribution in [0.1, 0.15) is 44.1 Å². The third-order valence-electron chi connectivity index (χ3n) is 4.84. The number of ether oxygens (including phenoxy) is 3. The second kappa shape index (κ2) is 12.0. The molecule has 2 rings (SSSR count). The van der Waals surface area contributed by atoms with Crippen LogP contribution in [0.4, 0.5) is 0 Å². The van der Waals surface area contributed by atoms with Gasteiger partial charge in [0.25, 0.3) is 0 Å². The van der Waals surface area contributed by atoms with E-state index in [0.29, 0.717) is 19.1 Å². The van der Waals surface area contributed by atoms with Crippen LogP contribution in [0, 0.1) is 0 Å². The molecule has 0 saturated carbocycles. The molecule has 1 aromatic rings. The number of aliphatic hydroxyl groups is 1. The van der Waals surface area contributed by atoms with Crippen LogP contribution in [0.5, 0.6) is 5.75 Å². The van der Waals surface area contributed by atoms with Gasteiger partial charge in [0.1, 0.15) is 5.75 Å². The van der Waals surface area contributed by atoms with Gasteiger partial charge in [0.05, 0.1) is 38.1 Å². The van der Waals surface area contributed by atoms with Crippen LogP contribution in [-0.2, 0) is 16.1 Å². The number of halogens is 1. The minimum atomic E-state index is -0.476. The Morgan fingerprint density at radius 3 is 2.65 bits per heavy atom. The first-order valence-electron chi connectivity index (χ1n) is 9.41. The summed E-state index contributed by atoms with van der Waals surface area (Å²) in [5, 5.41) is 9.82. The Balaban J connectivity index is 1.89. The van der Waals surface area contributed by atoms with Crippen molar-refractivity contribution in [1.29, 1.82) is 0 Å². The highest BCUT2D eigenvalue weighted by atomic mass is 127. The lowest BCUT2D eigenvalue weighted by Crippen LogP contribution is -2.32. The summed E-state index contributed by atoms with van der Waals surface area (Å²) in [7, 11) is 1.67. The van der Waals surface area contributed by atoms with Gasteiger partial charge >= 0.3 is 0 Å². The number of aliphatic hydroxyl groups excluding tert-OH is 1. The molecule has 1 unspecified atom stereocenters. The van der Waals surface area contributed by atoms with Crippen LogP contribution in [-0.4, -0.2) is 41.1 Å². The topological polar surface area (TPSA) is 47.9 Å². The summed E-state index contributed by atoms with van der Waals surface area (Å²) in [5.74, 6) is 0.847. The van der Waals surface area contributed by atoms with E-state index >= 15 is 0 Å². The molecule has 1 heterocycles. The molecule has 0 bridgehead atoms. The summed E-state index contributed by atoms with van der Waals surface area (Å²) in [6.45, 7) is 4.21. The minimum absolute atomic E-state index is 0.0738. The lowest BCUT2D eigenvalue weighted by Gasteiger charge is -2.32. The number of hydrogen-bond donors (Lipinski definition) is 1. The van der Waals surface area contributed by atoms with Crippen LogP contribution in [0.25, 0.3) is 0 Å². The molecular weight excluding hydrogens is 443 g/mol. The fourth-order valence-corrected chi connectivity index (χ4v) is 3.89. The number of alkyl halides is 1. The monoisotopic (exact) mass is 474 g/mol. The molecule has 1 fully saturated rings. The molecule has 0 aliphatic carbocycles. The molecule has 0 amide bonds. The van der Waals surface area contributed by atoms with Crippen molar-refractivity contribution < 1.29 is 19.3 Å². The Hall–Kier alpha value is -0.630. The normalized spacial score (nSPS) is 22.6. The molecule has 4 atom stereocenters. The van der Waals surface area contributed by atoms with Crippen LogP contribution in [0.15, 0.2) is 36.9 Å². The van der Waals surface area contributed by atoms with Gasteiger partial charge in [-0.05, 0) is 56.2 Å². The van der Waals surface area contributed by atoms with Crippen LogP contribution in [0.3, 0.4) is 0 Å². The summed E-state index contributed by atoms with van der Waals surface area (Å²) >= 11 is 2.40. The van der Waals surface area contributed by atoms with Gasteiger partial charge in [0.2, 0.25) is 0 Å². The molecule has 1 saturated heterocycles. The highest BCUT2D eigenvalue weighted by Gasteiger charge is 2.25. The molecular formula is C21H31IO4. The quantitative estimate of drug-likeness (QED) is 0.288. The molecule has 1 N–H and O–H groups in total. The Kier molecular flexibility index (Phi) is 9.96. The van der Waals surface area contributed by atoms with E-state index in [1.165, 1.54) is 6.42 Å². The Morgan fingerprint density at radius 1 is 1.27 bits per heavy atom. The van der Waals surface area contributed by atoms with E-state index in [1.807, 2.05) is 24.3 Å². The van der Waals surface area contributed by atoms with Crippen LogP contribution >= 0.6 is 22.6 Å². The third-order valence-corrected chi connectivity index (χ3v) is 5.82. The van der Waals surface area contributed by atoms with Crippen molar-refractivity contribution in [3.63, 3.8) is 0 Å². The Bertz CT molecular complexity index is 519. The SMILES string of the molecule is C=CC(O)CC[C@@H](C[C@@H]1CCC[C@@H](CI)O1)OCc1ccc(OC)cc1. The van der Waals surface area contributed by atoms with Gasteiger partial charge in [-0.25, -0.2) is 0 Å². The van der Waals surface area contributed by atoms with Crippen molar-refractivity contribution in [3.05, 3.63) is 42.5 Å². The summed E-state index contributed by atoms with van der Waals surface area (Å²) in [6, 6.07) is 7.95. The van der Waals surface area contributed by atoms with E-state index in [9.17, 15) is 5.11 Å². The van der Waals surface area contributed by atoms with Gasteiger partial charge in [-0.2, -0.15) is 0 Å². The maximum Gasteiger partial charge on any atom is 0.118 e. The zero-order valence-electron chi connectivity index (χ0n) is 15.6. The lowest BCUT2D eigenvalue weighted by atomic mass is 9.97. The molecule has 0 radical (unpaired) electrons. The Labute approximate surface area is 171 Å². The molecule has 4 nitrogen and oxygen atoms in total. The summed E-state index contributed by atoms with van der Waals surface area (Å²) in [6.07, 6.45) is 7.64. The van der Waals surface area contributed by atoms with Crippen molar-refractivity contribution >= 4 is 22.6 Å². The molecule has 0 spiro atoms. The van der Waals surface area contributed by atoms with Gasteiger partial charge < -0.3 is 19.3 Å². The minimum Gasteiger partial charge on any atom is -0.497 e. The van der Waals surface area contributed by atoms with E-state index in [2.05, 4.69) is 29.2 Å². The molecule has 26 heavy (non-hydrogen) atoms. The highest BCUT2D eigenvalue weighted by molar-refractivity contribution is 14.1. The van der Waals surface area contributed by atoms with E-state index < -0.39 is 6.10 Å². The first-order valence-corrected chi connectivity index (χ1v) is 10.9. The zero-order valence-corrected chi connectivity index (χ0v) is 17.8. The van der Waals surface area contributed by atoms with E-state index in [-0.39, 0.29) is 12.2 Å². The van der Waals surface area contributed by atoms with Gasteiger partial charge in [0.15, 0.2) is 0 Å². The van der Waals surface area contributed by atoms with E-state index in [0.717, 1.165) is 41.4 Å². The average Bonchev–Trinajstić information content (AvgIpc) is 2.70. The number of methoxy groups -OCH3 is 1. The molecule has 1 aliphatic heterocycles. The number of benzene rings is 1. The largest absolute Gasteiger partial charge is 0.497 e. The zero-order chi connectivity index (χ0) is 18.8. The van der Waals surface area contributed by atoms with Crippen molar-refractivity contribution in [1.82, 2.24) is 0 Å². The summed E-state index contributed by atoms with van der Waals surface area (Å²) in [5.41, 5.74) is 1.12. The van der Waals surface area contributed by atoms with E-state index in [4.69, 9.17) is 14.2 Å². The fraction of sp³-hybridized carbons (Fsp3) is 0.619. The second-order valence-corrected chi connectivity index (χ2v) is 7.74. The van der Waals surface area contributed by atoms with Gasteiger partial charge in [-0.1, -0.05) is 40.8 Å². The van der Waals surface area contributed by atoms with Crippen molar-refractivity contribution in [2.24, 2.45) is 0 Å². The molecule has 1 aromatic carbocycles. The molecule has 146 valence electrons.